The minimum absolute atomic E-state index is 0.0942. The molecule has 16 heavy (non-hydrogen) atoms. The van der Waals surface area contributed by atoms with E-state index in [9.17, 15) is 4.79 Å². The van der Waals surface area contributed by atoms with Gasteiger partial charge in [-0.15, -0.1) is 0 Å². The molecular formula is C12H13BrCl2O. The molecule has 1 aromatic carbocycles. The third-order valence-electron chi connectivity index (χ3n) is 2.20. The second-order valence-corrected chi connectivity index (χ2v) is 6.40. The molecule has 0 saturated carbocycles. The van der Waals surface area contributed by atoms with Gasteiger partial charge in [0.05, 0.1) is 4.83 Å². The number of alkyl halides is 1. The van der Waals surface area contributed by atoms with E-state index in [1.807, 2.05) is 20.8 Å². The number of carbonyl (C=O) groups excluding carboxylic acids is 1. The number of Topliss-reactive ketones (excluding diaryl/α,β-unsaturated/α-hetero) is 1. The second kappa shape index (κ2) is 5.07. The van der Waals surface area contributed by atoms with Crippen molar-refractivity contribution in [3.8, 4) is 0 Å². The van der Waals surface area contributed by atoms with E-state index in [0.717, 1.165) is 5.56 Å². The van der Waals surface area contributed by atoms with Crippen LogP contribution in [-0.2, 0) is 4.79 Å². The highest BCUT2D eigenvalue weighted by atomic mass is 79.9. The number of rotatable bonds is 2. The molecule has 0 aliphatic rings. The summed E-state index contributed by atoms with van der Waals surface area (Å²) >= 11 is 15.2. The number of halogens is 3. The lowest BCUT2D eigenvalue weighted by molar-refractivity contribution is -0.125. The van der Waals surface area contributed by atoms with Gasteiger partial charge < -0.3 is 0 Å². The third kappa shape index (κ3) is 3.22. The summed E-state index contributed by atoms with van der Waals surface area (Å²) in [6.45, 7) is 5.65. The molecule has 0 aliphatic carbocycles. The normalized spacial score (nSPS) is 13.6. The van der Waals surface area contributed by atoms with Gasteiger partial charge in [0.25, 0.3) is 0 Å². The lowest BCUT2D eigenvalue weighted by Gasteiger charge is -2.21. The van der Waals surface area contributed by atoms with Gasteiger partial charge in [0, 0.05) is 15.5 Å². The van der Waals surface area contributed by atoms with Crippen LogP contribution in [0.3, 0.4) is 0 Å². The average molecular weight is 324 g/mol. The maximum Gasteiger partial charge on any atom is 0.156 e. The van der Waals surface area contributed by atoms with Gasteiger partial charge in [-0.25, -0.2) is 0 Å². The first-order valence-electron chi connectivity index (χ1n) is 4.87. The van der Waals surface area contributed by atoms with Crippen molar-refractivity contribution in [2.24, 2.45) is 5.41 Å². The molecule has 0 radical (unpaired) electrons. The fraction of sp³-hybridized carbons (Fsp3) is 0.417. The zero-order valence-corrected chi connectivity index (χ0v) is 12.4. The van der Waals surface area contributed by atoms with Gasteiger partial charge in [-0.05, 0) is 17.7 Å². The summed E-state index contributed by atoms with van der Waals surface area (Å²) in [6, 6.07) is 5.14. The largest absolute Gasteiger partial charge is 0.297 e. The van der Waals surface area contributed by atoms with Crippen molar-refractivity contribution in [3.05, 3.63) is 33.8 Å². The van der Waals surface area contributed by atoms with E-state index in [-0.39, 0.29) is 5.78 Å². The van der Waals surface area contributed by atoms with Crippen LogP contribution in [0, 0.1) is 5.41 Å². The van der Waals surface area contributed by atoms with Crippen LogP contribution in [0.25, 0.3) is 0 Å². The Balaban J connectivity index is 3.06. The van der Waals surface area contributed by atoms with Crippen LogP contribution >= 0.6 is 39.1 Å². The predicted molar refractivity (Wildman–Crippen MR) is 72.6 cm³/mol. The molecule has 0 aliphatic heterocycles. The molecule has 0 fully saturated rings. The maximum atomic E-state index is 12.1. The smallest absolute Gasteiger partial charge is 0.156 e. The van der Waals surface area contributed by atoms with Crippen molar-refractivity contribution in [1.29, 1.82) is 0 Å². The molecule has 1 unspecified atom stereocenters. The quantitative estimate of drug-likeness (QED) is 0.696. The fourth-order valence-corrected chi connectivity index (χ4v) is 2.96. The summed E-state index contributed by atoms with van der Waals surface area (Å²) in [5.74, 6) is 0.0942. The van der Waals surface area contributed by atoms with Crippen LogP contribution in [0.15, 0.2) is 18.2 Å². The zero-order valence-electron chi connectivity index (χ0n) is 9.35. The molecule has 1 atom stereocenters. The van der Waals surface area contributed by atoms with E-state index in [4.69, 9.17) is 23.2 Å². The Hall–Kier alpha value is -0.0500. The van der Waals surface area contributed by atoms with E-state index in [2.05, 4.69) is 15.9 Å². The van der Waals surface area contributed by atoms with Crippen molar-refractivity contribution < 1.29 is 4.79 Å². The van der Waals surface area contributed by atoms with Crippen LogP contribution in [-0.4, -0.2) is 5.78 Å². The number of ketones is 1. The second-order valence-electron chi connectivity index (χ2n) is 4.64. The molecule has 0 N–H and O–H groups in total. The van der Waals surface area contributed by atoms with Gasteiger partial charge >= 0.3 is 0 Å². The highest BCUT2D eigenvalue weighted by Gasteiger charge is 2.29. The Morgan fingerprint density at radius 3 is 2.31 bits per heavy atom. The van der Waals surface area contributed by atoms with Crippen LogP contribution < -0.4 is 0 Å². The molecule has 4 heteroatoms. The molecule has 0 amide bonds. The SMILES string of the molecule is CC(C)(C)C(=O)C(Br)c1ccc(Cl)cc1Cl. The number of hydrogen-bond donors (Lipinski definition) is 0. The first-order valence-corrected chi connectivity index (χ1v) is 6.54. The third-order valence-corrected chi connectivity index (χ3v) is 3.68. The van der Waals surface area contributed by atoms with Gasteiger partial charge in [-0.1, -0.05) is 66.0 Å². The van der Waals surface area contributed by atoms with Crippen molar-refractivity contribution in [1.82, 2.24) is 0 Å². The molecule has 1 aromatic rings. The Kier molecular flexibility index (Phi) is 4.44. The van der Waals surface area contributed by atoms with Crippen LogP contribution in [0.5, 0.6) is 0 Å². The van der Waals surface area contributed by atoms with E-state index in [1.54, 1.807) is 18.2 Å². The van der Waals surface area contributed by atoms with Crippen molar-refractivity contribution in [2.45, 2.75) is 25.6 Å². The maximum absolute atomic E-state index is 12.1. The van der Waals surface area contributed by atoms with Gasteiger partial charge in [-0.3, -0.25) is 4.79 Å². The zero-order chi connectivity index (χ0) is 12.5. The van der Waals surface area contributed by atoms with Crippen molar-refractivity contribution in [3.63, 3.8) is 0 Å². The highest BCUT2D eigenvalue weighted by Crippen LogP contribution is 2.36. The summed E-state index contributed by atoms with van der Waals surface area (Å²) in [7, 11) is 0. The van der Waals surface area contributed by atoms with Gasteiger partial charge in [0.1, 0.15) is 0 Å². The van der Waals surface area contributed by atoms with E-state index < -0.39 is 10.2 Å². The lowest BCUT2D eigenvalue weighted by Crippen LogP contribution is -2.24. The Morgan fingerprint density at radius 1 is 1.31 bits per heavy atom. The minimum Gasteiger partial charge on any atom is -0.297 e. The molecule has 0 saturated heterocycles. The predicted octanol–water partition coefficient (Wildman–Crippen LogP) is 5.04. The average Bonchev–Trinajstić information content (AvgIpc) is 2.14. The van der Waals surface area contributed by atoms with Crippen LogP contribution in [0.2, 0.25) is 10.0 Å². The summed E-state index contributed by atoms with van der Waals surface area (Å²) in [5.41, 5.74) is 0.350. The Morgan fingerprint density at radius 2 is 1.88 bits per heavy atom. The highest BCUT2D eigenvalue weighted by molar-refractivity contribution is 9.09. The number of hydrogen-bond acceptors (Lipinski definition) is 1. The first-order chi connectivity index (χ1) is 7.23. The topological polar surface area (TPSA) is 17.1 Å². The van der Waals surface area contributed by atoms with E-state index in [0.29, 0.717) is 10.0 Å². The molecule has 0 aromatic heterocycles. The van der Waals surface area contributed by atoms with E-state index in [1.165, 1.54) is 0 Å². The first kappa shape index (κ1) is 14.0. The number of benzene rings is 1. The summed E-state index contributed by atoms with van der Waals surface area (Å²) in [6.07, 6.45) is 0. The molecule has 0 bridgehead atoms. The molecule has 0 heterocycles. The van der Waals surface area contributed by atoms with Gasteiger partial charge in [0.2, 0.25) is 0 Å². The summed E-state index contributed by atoms with van der Waals surface area (Å²) in [4.78, 5) is 11.7. The molecule has 88 valence electrons. The van der Waals surface area contributed by atoms with Crippen molar-refractivity contribution in [2.75, 3.05) is 0 Å². The van der Waals surface area contributed by atoms with Crippen molar-refractivity contribution >= 4 is 44.9 Å². The molecular weight excluding hydrogens is 311 g/mol. The van der Waals surface area contributed by atoms with Crippen LogP contribution in [0.4, 0.5) is 0 Å². The molecule has 1 nitrogen and oxygen atoms in total. The Bertz CT molecular complexity index is 410. The summed E-state index contributed by atoms with van der Waals surface area (Å²) in [5, 5.41) is 1.07. The molecule has 0 spiro atoms. The minimum atomic E-state index is -0.406. The molecule has 1 rings (SSSR count). The van der Waals surface area contributed by atoms with Gasteiger partial charge in [-0.2, -0.15) is 0 Å². The van der Waals surface area contributed by atoms with E-state index >= 15 is 0 Å². The van der Waals surface area contributed by atoms with Gasteiger partial charge in [0.15, 0.2) is 5.78 Å². The fourth-order valence-electron chi connectivity index (χ4n) is 1.23. The Labute approximate surface area is 114 Å². The number of carbonyl (C=O) groups is 1. The standard InChI is InChI=1S/C12H13BrCl2O/c1-12(2,3)11(16)10(13)8-5-4-7(14)6-9(8)15/h4-6,10H,1-3H3. The monoisotopic (exact) mass is 322 g/mol. The summed E-state index contributed by atoms with van der Waals surface area (Å²) < 4.78 is 0. The lowest BCUT2D eigenvalue weighted by atomic mass is 9.87. The van der Waals surface area contributed by atoms with Crippen LogP contribution in [0.1, 0.15) is 31.2 Å².